The molecule has 0 aliphatic heterocycles. The minimum Gasteiger partial charge on any atom is -0.389 e. The molecule has 2 rings (SSSR count). The molecule has 2 aromatic carbocycles. The molecule has 110 valence electrons. The van der Waals surface area contributed by atoms with Crippen molar-refractivity contribution in [1.29, 1.82) is 0 Å². The molecule has 0 amide bonds. The smallest absolute Gasteiger partial charge is 0.262 e. The molecule has 0 aliphatic carbocycles. The first-order valence-corrected chi connectivity index (χ1v) is 7.87. The summed E-state index contributed by atoms with van der Waals surface area (Å²) in [5, 5.41) is 0. The highest BCUT2D eigenvalue weighted by Crippen LogP contribution is 2.20. The fourth-order valence-corrected chi connectivity index (χ4v) is 2.96. The molecule has 3 N–H and O–H groups in total. The van der Waals surface area contributed by atoms with Crippen molar-refractivity contribution >= 4 is 32.9 Å². The molecule has 21 heavy (non-hydrogen) atoms. The zero-order valence-corrected chi connectivity index (χ0v) is 12.8. The van der Waals surface area contributed by atoms with Crippen LogP contribution in [0.2, 0.25) is 0 Å². The summed E-state index contributed by atoms with van der Waals surface area (Å²) < 4.78 is 40.4. The van der Waals surface area contributed by atoms with Gasteiger partial charge in [0.15, 0.2) is 0 Å². The van der Waals surface area contributed by atoms with Crippen molar-refractivity contribution in [3.05, 3.63) is 59.4 Å². The van der Waals surface area contributed by atoms with Gasteiger partial charge in [0.05, 0.1) is 10.6 Å². The van der Waals surface area contributed by atoms with Crippen LogP contribution in [-0.4, -0.2) is 13.4 Å². The fraction of sp³-hybridized carbons (Fsp3) is 0.0714. The van der Waals surface area contributed by atoms with Gasteiger partial charge in [0, 0.05) is 5.56 Å². The number of benzene rings is 2. The van der Waals surface area contributed by atoms with Crippen LogP contribution in [0.15, 0.2) is 47.4 Å². The second-order valence-electron chi connectivity index (χ2n) is 4.48. The van der Waals surface area contributed by atoms with Crippen molar-refractivity contribution in [2.75, 3.05) is 4.72 Å². The summed E-state index contributed by atoms with van der Waals surface area (Å²) in [5.74, 6) is -0.635. The number of aryl methyl sites for hydroxylation is 1. The van der Waals surface area contributed by atoms with Crippen LogP contribution in [0, 0.1) is 12.7 Å². The Kier molecular flexibility index (Phi) is 4.24. The Labute approximate surface area is 127 Å². The summed E-state index contributed by atoms with van der Waals surface area (Å²) in [6.07, 6.45) is 0. The third-order valence-electron chi connectivity index (χ3n) is 2.80. The molecule has 0 heterocycles. The molecule has 0 radical (unpaired) electrons. The lowest BCUT2D eigenvalue weighted by atomic mass is 10.2. The van der Waals surface area contributed by atoms with Crippen LogP contribution >= 0.6 is 12.2 Å². The Bertz CT molecular complexity index is 804. The van der Waals surface area contributed by atoms with Gasteiger partial charge in [-0.3, -0.25) is 4.72 Å². The number of nitrogens with two attached hydrogens (primary N) is 1. The topological polar surface area (TPSA) is 72.2 Å². The molecule has 2 aromatic rings. The number of thiocarbonyl (C=S) groups is 1. The number of anilines is 1. The maximum Gasteiger partial charge on any atom is 0.262 e. The highest BCUT2D eigenvalue weighted by molar-refractivity contribution is 7.92. The molecule has 0 spiro atoms. The van der Waals surface area contributed by atoms with Gasteiger partial charge in [-0.1, -0.05) is 30.4 Å². The van der Waals surface area contributed by atoms with Gasteiger partial charge >= 0.3 is 0 Å². The van der Waals surface area contributed by atoms with Crippen LogP contribution in [0.25, 0.3) is 0 Å². The van der Waals surface area contributed by atoms with Crippen molar-refractivity contribution in [2.24, 2.45) is 5.73 Å². The summed E-state index contributed by atoms with van der Waals surface area (Å²) >= 11 is 4.81. The zero-order valence-electron chi connectivity index (χ0n) is 11.1. The van der Waals surface area contributed by atoms with Gasteiger partial charge in [0.1, 0.15) is 10.8 Å². The molecule has 4 nitrogen and oxygen atoms in total. The highest BCUT2D eigenvalue weighted by Gasteiger charge is 2.17. The first kappa shape index (κ1) is 15.4. The fourth-order valence-electron chi connectivity index (χ4n) is 1.72. The molecule has 0 aliphatic rings. The number of hydrogen-bond acceptors (Lipinski definition) is 3. The van der Waals surface area contributed by atoms with Gasteiger partial charge in [-0.15, -0.1) is 0 Å². The Hall–Kier alpha value is -1.99. The first-order chi connectivity index (χ1) is 9.79. The minimum atomic E-state index is -3.91. The predicted octanol–water partition coefficient (Wildman–Crippen LogP) is 2.57. The van der Waals surface area contributed by atoms with Gasteiger partial charge < -0.3 is 5.73 Å². The lowest BCUT2D eigenvalue weighted by Gasteiger charge is -2.10. The second kappa shape index (κ2) is 5.79. The van der Waals surface area contributed by atoms with Crippen LogP contribution in [-0.2, 0) is 10.0 Å². The maximum atomic E-state index is 13.7. The summed E-state index contributed by atoms with van der Waals surface area (Å²) in [4.78, 5) is 0.0568. The van der Waals surface area contributed by atoms with Gasteiger partial charge in [0.2, 0.25) is 0 Å². The van der Waals surface area contributed by atoms with E-state index in [1.165, 1.54) is 30.3 Å². The second-order valence-corrected chi connectivity index (χ2v) is 6.60. The lowest BCUT2D eigenvalue weighted by Crippen LogP contribution is -2.16. The van der Waals surface area contributed by atoms with E-state index in [4.69, 9.17) is 18.0 Å². The maximum absolute atomic E-state index is 13.7. The van der Waals surface area contributed by atoms with Crippen molar-refractivity contribution < 1.29 is 12.8 Å². The van der Waals surface area contributed by atoms with E-state index < -0.39 is 15.8 Å². The molecule has 7 heteroatoms. The Balaban J connectivity index is 2.38. The number of nitrogens with one attached hydrogen (secondary N) is 1. The van der Waals surface area contributed by atoms with Crippen LogP contribution < -0.4 is 10.5 Å². The van der Waals surface area contributed by atoms with E-state index in [0.717, 1.165) is 0 Å². The third kappa shape index (κ3) is 3.56. The Morgan fingerprint density at radius 3 is 2.57 bits per heavy atom. The van der Waals surface area contributed by atoms with E-state index in [-0.39, 0.29) is 15.6 Å². The largest absolute Gasteiger partial charge is 0.389 e. The molecule has 0 bridgehead atoms. The number of hydrogen-bond donors (Lipinski definition) is 2. The van der Waals surface area contributed by atoms with Gasteiger partial charge in [-0.2, -0.15) is 0 Å². The van der Waals surface area contributed by atoms with Crippen molar-refractivity contribution in [3.8, 4) is 0 Å². The quantitative estimate of drug-likeness (QED) is 0.848. The Morgan fingerprint density at radius 1 is 1.24 bits per heavy atom. The molecule has 0 saturated heterocycles. The normalized spacial score (nSPS) is 11.1. The van der Waals surface area contributed by atoms with E-state index in [1.54, 1.807) is 19.1 Å². The number of sulfonamides is 1. The molecule has 0 unspecified atom stereocenters. The SMILES string of the molecule is Cc1ccc(NS(=O)(=O)c2cccc(C(N)=S)c2)c(F)c1. The van der Waals surface area contributed by atoms with Crippen LogP contribution in [0.3, 0.4) is 0 Å². The van der Waals surface area contributed by atoms with E-state index in [1.807, 2.05) is 0 Å². The molecule has 0 saturated carbocycles. The van der Waals surface area contributed by atoms with Crippen LogP contribution in [0.4, 0.5) is 10.1 Å². The van der Waals surface area contributed by atoms with Crippen LogP contribution in [0.5, 0.6) is 0 Å². The molecular formula is C14H13FN2O2S2. The van der Waals surface area contributed by atoms with Gasteiger partial charge in [0.25, 0.3) is 10.0 Å². The summed E-state index contributed by atoms with van der Waals surface area (Å²) in [6, 6.07) is 10.1. The van der Waals surface area contributed by atoms with Crippen molar-refractivity contribution in [2.45, 2.75) is 11.8 Å². The third-order valence-corrected chi connectivity index (χ3v) is 4.40. The van der Waals surface area contributed by atoms with Gasteiger partial charge in [-0.25, -0.2) is 12.8 Å². The highest BCUT2D eigenvalue weighted by atomic mass is 32.2. The molecule has 0 fully saturated rings. The molecule has 0 atom stereocenters. The van der Waals surface area contributed by atoms with Crippen molar-refractivity contribution in [3.63, 3.8) is 0 Å². The molecular weight excluding hydrogens is 311 g/mol. The zero-order chi connectivity index (χ0) is 15.6. The monoisotopic (exact) mass is 324 g/mol. The first-order valence-electron chi connectivity index (χ1n) is 5.98. The summed E-state index contributed by atoms with van der Waals surface area (Å²) in [7, 11) is -3.91. The minimum absolute atomic E-state index is 0.0345. The van der Waals surface area contributed by atoms with E-state index in [9.17, 15) is 12.8 Å². The lowest BCUT2D eigenvalue weighted by molar-refractivity contribution is 0.598. The average Bonchev–Trinajstić information content (AvgIpc) is 2.42. The number of rotatable bonds is 4. The van der Waals surface area contributed by atoms with Crippen LogP contribution in [0.1, 0.15) is 11.1 Å². The number of halogens is 1. The predicted molar refractivity (Wildman–Crippen MR) is 84.3 cm³/mol. The van der Waals surface area contributed by atoms with E-state index >= 15 is 0 Å². The van der Waals surface area contributed by atoms with Crippen molar-refractivity contribution in [1.82, 2.24) is 0 Å². The van der Waals surface area contributed by atoms with E-state index in [0.29, 0.717) is 11.1 Å². The standard InChI is InChI=1S/C14H13FN2O2S2/c1-9-5-6-13(12(15)7-9)17-21(18,19)11-4-2-3-10(8-11)14(16)20/h2-8,17H,1H3,(H2,16,20). The molecule has 0 aromatic heterocycles. The van der Waals surface area contributed by atoms with E-state index in [2.05, 4.69) is 4.72 Å². The van der Waals surface area contributed by atoms with Gasteiger partial charge in [-0.05, 0) is 36.8 Å². The summed E-state index contributed by atoms with van der Waals surface area (Å²) in [5.41, 5.74) is 6.49. The summed E-state index contributed by atoms with van der Waals surface area (Å²) in [6.45, 7) is 1.72. The average molecular weight is 324 g/mol. The Morgan fingerprint density at radius 2 is 1.95 bits per heavy atom.